The van der Waals surface area contributed by atoms with Crippen LogP contribution in [0.15, 0.2) is 53.9 Å². The Bertz CT molecular complexity index is 957. The van der Waals surface area contributed by atoms with Gasteiger partial charge in [0.05, 0.1) is 18.4 Å². The van der Waals surface area contributed by atoms with Gasteiger partial charge in [-0.05, 0) is 74.4 Å². The molecule has 1 heterocycles. The quantitative estimate of drug-likeness (QED) is 0.788. The molecule has 2 aromatic carbocycles. The number of carbonyl (C=O) groups excluding carboxylic acids is 1. The first-order valence-corrected chi connectivity index (χ1v) is 10.6. The first-order chi connectivity index (χ1) is 12.8. The fourth-order valence-corrected chi connectivity index (χ4v) is 4.54. The molecule has 1 aliphatic rings. The summed E-state index contributed by atoms with van der Waals surface area (Å²) >= 11 is 0. The monoisotopic (exact) mass is 385 g/mol. The van der Waals surface area contributed by atoms with E-state index in [2.05, 4.69) is 0 Å². The van der Waals surface area contributed by atoms with Crippen molar-refractivity contribution in [3.05, 3.63) is 70.6 Å². The van der Waals surface area contributed by atoms with Crippen molar-refractivity contribution >= 4 is 21.4 Å². The molecule has 1 atom stereocenters. The van der Waals surface area contributed by atoms with E-state index >= 15 is 0 Å². The summed E-state index contributed by atoms with van der Waals surface area (Å²) in [6.07, 6.45) is 1.58. The van der Waals surface area contributed by atoms with Crippen LogP contribution < -0.4 is 9.64 Å². The molecular formula is C21H23NO4S. The SMILES string of the molecule is CCOc1ccc(C(=O)N(c2cc(C)cc(C)c2)[C@@H]2C=CS(=O)(=O)C2)cc1. The Kier molecular flexibility index (Phi) is 5.37. The van der Waals surface area contributed by atoms with Gasteiger partial charge in [-0.3, -0.25) is 4.79 Å². The molecule has 0 aliphatic carbocycles. The van der Waals surface area contributed by atoms with Crippen LogP contribution in [-0.2, 0) is 9.84 Å². The van der Waals surface area contributed by atoms with Crippen LogP contribution in [0.1, 0.15) is 28.4 Å². The van der Waals surface area contributed by atoms with Gasteiger partial charge in [0, 0.05) is 16.7 Å². The van der Waals surface area contributed by atoms with Crippen LogP contribution in [0.2, 0.25) is 0 Å². The fourth-order valence-electron chi connectivity index (χ4n) is 3.27. The Balaban J connectivity index is 2.01. The van der Waals surface area contributed by atoms with Gasteiger partial charge in [-0.2, -0.15) is 0 Å². The van der Waals surface area contributed by atoms with Crippen LogP contribution in [0.25, 0.3) is 0 Å². The zero-order chi connectivity index (χ0) is 19.6. The predicted molar refractivity (Wildman–Crippen MR) is 107 cm³/mol. The largest absolute Gasteiger partial charge is 0.494 e. The van der Waals surface area contributed by atoms with E-state index in [0.717, 1.165) is 11.1 Å². The van der Waals surface area contributed by atoms with Crippen LogP contribution in [0.4, 0.5) is 5.69 Å². The summed E-state index contributed by atoms with van der Waals surface area (Å²) in [6.45, 7) is 6.36. The number of carbonyl (C=O) groups is 1. The number of aryl methyl sites for hydroxylation is 2. The maximum absolute atomic E-state index is 13.3. The second-order valence-corrected chi connectivity index (χ2v) is 8.64. The molecular weight excluding hydrogens is 362 g/mol. The minimum absolute atomic E-state index is 0.108. The normalized spacial score (nSPS) is 17.7. The summed E-state index contributed by atoms with van der Waals surface area (Å²) in [7, 11) is -3.29. The second kappa shape index (κ2) is 7.56. The Hall–Kier alpha value is -2.60. The number of ether oxygens (including phenoxy) is 1. The lowest BCUT2D eigenvalue weighted by molar-refractivity contribution is 0.0983. The number of sulfone groups is 1. The van der Waals surface area contributed by atoms with Crippen molar-refractivity contribution < 1.29 is 17.9 Å². The highest BCUT2D eigenvalue weighted by Crippen LogP contribution is 2.27. The molecule has 2 aromatic rings. The molecule has 27 heavy (non-hydrogen) atoms. The molecule has 0 fully saturated rings. The minimum Gasteiger partial charge on any atom is -0.494 e. The number of benzene rings is 2. The predicted octanol–water partition coefficient (Wildman–Crippen LogP) is 3.66. The molecule has 6 heteroatoms. The van der Waals surface area contributed by atoms with Gasteiger partial charge in [-0.25, -0.2) is 8.42 Å². The highest BCUT2D eigenvalue weighted by molar-refractivity contribution is 7.94. The number of hydrogen-bond donors (Lipinski definition) is 0. The van der Waals surface area contributed by atoms with Crippen molar-refractivity contribution in [2.75, 3.05) is 17.3 Å². The smallest absolute Gasteiger partial charge is 0.258 e. The Morgan fingerprint density at radius 2 is 1.74 bits per heavy atom. The molecule has 1 amide bonds. The molecule has 5 nitrogen and oxygen atoms in total. The number of nitrogens with zero attached hydrogens (tertiary/aromatic N) is 1. The summed E-state index contributed by atoms with van der Waals surface area (Å²) in [5, 5.41) is 1.19. The van der Waals surface area contributed by atoms with Gasteiger partial charge in [0.1, 0.15) is 5.75 Å². The maximum Gasteiger partial charge on any atom is 0.258 e. The van der Waals surface area contributed by atoms with E-state index in [9.17, 15) is 13.2 Å². The maximum atomic E-state index is 13.3. The summed E-state index contributed by atoms with van der Waals surface area (Å²) in [5.41, 5.74) is 3.20. The van der Waals surface area contributed by atoms with E-state index in [1.165, 1.54) is 5.41 Å². The zero-order valence-electron chi connectivity index (χ0n) is 15.7. The lowest BCUT2D eigenvalue weighted by atomic mass is 10.1. The van der Waals surface area contributed by atoms with Gasteiger partial charge < -0.3 is 9.64 Å². The molecule has 0 radical (unpaired) electrons. The molecule has 0 saturated carbocycles. The van der Waals surface area contributed by atoms with Crippen molar-refractivity contribution in [1.29, 1.82) is 0 Å². The van der Waals surface area contributed by atoms with E-state index < -0.39 is 15.9 Å². The summed E-state index contributed by atoms with van der Waals surface area (Å²) in [6, 6.07) is 12.2. The third kappa shape index (κ3) is 4.39. The Labute approximate surface area is 160 Å². The van der Waals surface area contributed by atoms with Crippen LogP contribution in [-0.4, -0.2) is 32.7 Å². The first-order valence-electron chi connectivity index (χ1n) is 8.85. The molecule has 0 saturated heterocycles. The van der Waals surface area contributed by atoms with Crippen molar-refractivity contribution in [2.45, 2.75) is 26.8 Å². The molecule has 1 aliphatic heterocycles. The average Bonchev–Trinajstić information content (AvgIpc) is 2.94. The van der Waals surface area contributed by atoms with Crippen molar-refractivity contribution in [2.24, 2.45) is 0 Å². The topological polar surface area (TPSA) is 63.7 Å². The summed E-state index contributed by atoms with van der Waals surface area (Å²) in [5.74, 6) is 0.341. The molecule has 0 aromatic heterocycles. The molecule has 0 unspecified atom stereocenters. The summed E-state index contributed by atoms with van der Waals surface area (Å²) in [4.78, 5) is 14.9. The number of hydrogen-bond acceptors (Lipinski definition) is 4. The van der Waals surface area contributed by atoms with E-state index in [0.29, 0.717) is 23.6 Å². The van der Waals surface area contributed by atoms with E-state index in [1.54, 1.807) is 35.2 Å². The highest BCUT2D eigenvalue weighted by atomic mass is 32.2. The molecule has 3 rings (SSSR count). The van der Waals surface area contributed by atoms with Gasteiger partial charge in [-0.1, -0.05) is 6.07 Å². The molecule has 0 spiro atoms. The van der Waals surface area contributed by atoms with Crippen LogP contribution in [0.3, 0.4) is 0 Å². The fraction of sp³-hybridized carbons (Fsp3) is 0.286. The molecule has 142 valence electrons. The van der Waals surface area contributed by atoms with Crippen molar-refractivity contribution in [3.63, 3.8) is 0 Å². The lowest BCUT2D eigenvalue weighted by Crippen LogP contribution is -2.41. The number of amides is 1. The summed E-state index contributed by atoms with van der Waals surface area (Å²) < 4.78 is 29.3. The van der Waals surface area contributed by atoms with Crippen molar-refractivity contribution in [1.82, 2.24) is 0 Å². The standard InChI is InChI=1S/C21H23NO4S/c1-4-26-20-7-5-17(6-8-20)21(23)22(18-9-10-27(24,25)14-18)19-12-15(2)11-16(3)13-19/h5-13,18H,4,14H2,1-3H3/t18-/m1/s1. The number of rotatable bonds is 5. The van der Waals surface area contributed by atoms with Crippen LogP contribution in [0.5, 0.6) is 5.75 Å². The van der Waals surface area contributed by atoms with Gasteiger partial charge in [0.25, 0.3) is 5.91 Å². The van der Waals surface area contributed by atoms with Crippen molar-refractivity contribution in [3.8, 4) is 5.75 Å². The minimum atomic E-state index is -3.29. The Morgan fingerprint density at radius 3 is 2.26 bits per heavy atom. The van der Waals surface area contributed by atoms with Gasteiger partial charge in [-0.15, -0.1) is 0 Å². The lowest BCUT2D eigenvalue weighted by Gasteiger charge is -2.28. The molecule has 0 bridgehead atoms. The van der Waals surface area contributed by atoms with E-state index in [4.69, 9.17) is 4.74 Å². The third-order valence-corrected chi connectivity index (χ3v) is 5.74. The van der Waals surface area contributed by atoms with Crippen LogP contribution in [0, 0.1) is 13.8 Å². The van der Waals surface area contributed by atoms with Gasteiger partial charge >= 0.3 is 0 Å². The van der Waals surface area contributed by atoms with E-state index in [-0.39, 0.29) is 11.7 Å². The second-order valence-electron chi connectivity index (χ2n) is 6.70. The van der Waals surface area contributed by atoms with Crippen LogP contribution >= 0.6 is 0 Å². The molecule has 0 N–H and O–H groups in total. The van der Waals surface area contributed by atoms with Gasteiger partial charge in [0.2, 0.25) is 0 Å². The first kappa shape index (κ1) is 19.2. The van der Waals surface area contributed by atoms with E-state index in [1.807, 2.05) is 39.0 Å². The Morgan fingerprint density at radius 1 is 1.11 bits per heavy atom. The third-order valence-electron chi connectivity index (χ3n) is 4.36. The number of anilines is 1. The average molecular weight is 385 g/mol. The highest BCUT2D eigenvalue weighted by Gasteiger charge is 2.32. The zero-order valence-corrected chi connectivity index (χ0v) is 16.5. The van der Waals surface area contributed by atoms with Gasteiger partial charge in [0.15, 0.2) is 9.84 Å².